The lowest BCUT2D eigenvalue weighted by Gasteiger charge is -2.22. The number of thiazole rings is 1. The minimum absolute atomic E-state index is 0.0814. The van der Waals surface area contributed by atoms with Gasteiger partial charge in [-0.1, -0.05) is 0 Å². The van der Waals surface area contributed by atoms with Gasteiger partial charge >= 0.3 is 0 Å². The number of carbonyl (C=O) groups is 1. The van der Waals surface area contributed by atoms with Gasteiger partial charge in [-0.3, -0.25) is 9.69 Å². The lowest BCUT2D eigenvalue weighted by atomic mass is 10.1. The molecule has 0 aromatic carbocycles. The van der Waals surface area contributed by atoms with Crippen molar-refractivity contribution in [1.29, 1.82) is 0 Å². The predicted octanol–water partition coefficient (Wildman–Crippen LogP) is 1.41. The van der Waals surface area contributed by atoms with Gasteiger partial charge in [0.15, 0.2) is 12.1 Å². The van der Waals surface area contributed by atoms with Gasteiger partial charge in [-0.05, 0) is 6.92 Å². The summed E-state index contributed by atoms with van der Waals surface area (Å²) in [5.74, 6) is 0.241. The first kappa shape index (κ1) is 15.7. The van der Waals surface area contributed by atoms with Crippen molar-refractivity contribution >= 4 is 17.2 Å². The number of likely N-dealkylation sites (tertiary alicyclic amines) is 1. The summed E-state index contributed by atoms with van der Waals surface area (Å²) in [6.07, 6.45) is 2.78. The molecule has 0 spiro atoms. The van der Waals surface area contributed by atoms with Crippen LogP contribution in [0.5, 0.6) is 0 Å². The SMILES string of the molecule is Cc1nc(CN2CCO[C@H]3CN(C(=O)c4cocn4)C[C@H]3C2)cs1. The zero-order valence-electron chi connectivity index (χ0n) is 13.6. The van der Waals surface area contributed by atoms with Crippen molar-refractivity contribution in [3.63, 3.8) is 0 Å². The molecule has 0 saturated carbocycles. The van der Waals surface area contributed by atoms with E-state index in [9.17, 15) is 4.79 Å². The van der Waals surface area contributed by atoms with Crippen molar-refractivity contribution in [3.8, 4) is 0 Å². The Labute approximate surface area is 144 Å². The molecule has 0 radical (unpaired) electrons. The lowest BCUT2D eigenvalue weighted by Crippen LogP contribution is -2.33. The highest BCUT2D eigenvalue weighted by Crippen LogP contribution is 2.25. The van der Waals surface area contributed by atoms with Crippen molar-refractivity contribution < 1.29 is 13.9 Å². The smallest absolute Gasteiger partial charge is 0.275 e. The van der Waals surface area contributed by atoms with E-state index in [4.69, 9.17) is 9.15 Å². The van der Waals surface area contributed by atoms with E-state index in [1.54, 1.807) is 11.3 Å². The van der Waals surface area contributed by atoms with E-state index in [2.05, 4.69) is 20.2 Å². The van der Waals surface area contributed by atoms with Gasteiger partial charge in [-0.15, -0.1) is 11.3 Å². The molecule has 2 atom stereocenters. The van der Waals surface area contributed by atoms with Crippen molar-refractivity contribution in [3.05, 3.63) is 34.4 Å². The monoisotopic (exact) mass is 348 g/mol. The van der Waals surface area contributed by atoms with Gasteiger partial charge in [0.2, 0.25) is 0 Å². The van der Waals surface area contributed by atoms with Gasteiger partial charge in [0.1, 0.15) is 6.26 Å². The largest absolute Gasteiger partial charge is 0.451 e. The highest BCUT2D eigenvalue weighted by Gasteiger charge is 2.39. The van der Waals surface area contributed by atoms with Crippen LogP contribution in [0.2, 0.25) is 0 Å². The molecule has 4 heterocycles. The maximum atomic E-state index is 12.4. The van der Waals surface area contributed by atoms with E-state index >= 15 is 0 Å². The first-order valence-electron chi connectivity index (χ1n) is 8.11. The first-order valence-corrected chi connectivity index (χ1v) is 8.99. The molecule has 0 unspecified atom stereocenters. The number of oxazole rings is 1. The highest BCUT2D eigenvalue weighted by atomic mass is 32.1. The summed E-state index contributed by atoms with van der Waals surface area (Å²) < 4.78 is 10.9. The number of aromatic nitrogens is 2. The Morgan fingerprint density at radius 3 is 3.08 bits per heavy atom. The van der Waals surface area contributed by atoms with Crippen LogP contribution in [-0.2, 0) is 11.3 Å². The minimum Gasteiger partial charge on any atom is -0.451 e. The lowest BCUT2D eigenvalue weighted by molar-refractivity contribution is 0.0482. The summed E-state index contributed by atoms with van der Waals surface area (Å²) in [5, 5.41) is 3.22. The van der Waals surface area contributed by atoms with Crippen LogP contribution in [-0.4, -0.2) is 64.6 Å². The number of ether oxygens (including phenoxy) is 1. The van der Waals surface area contributed by atoms with E-state index in [1.807, 2.05) is 11.8 Å². The number of amides is 1. The third-order valence-corrected chi connectivity index (χ3v) is 5.43. The van der Waals surface area contributed by atoms with Gasteiger partial charge < -0.3 is 14.1 Å². The summed E-state index contributed by atoms with van der Waals surface area (Å²) in [6, 6.07) is 0. The van der Waals surface area contributed by atoms with Gasteiger partial charge in [0, 0.05) is 44.0 Å². The number of hydrogen-bond acceptors (Lipinski definition) is 7. The van der Waals surface area contributed by atoms with Crippen molar-refractivity contribution in [2.45, 2.75) is 19.6 Å². The molecule has 0 aliphatic carbocycles. The van der Waals surface area contributed by atoms with Crippen LogP contribution in [0.25, 0.3) is 0 Å². The second-order valence-corrected chi connectivity index (χ2v) is 7.41. The molecule has 2 aromatic rings. The number of fused-ring (bicyclic) bond motifs is 1. The molecule has 4 rings (SSSR count). The fourth-order valence-electron chi connectivity index (χ4n) is 3.46. The van der Waals surface area contributed by atoms with E-state index in [1.165, 1.54) is 12.7 Å². The van der Waals surface area contributed by atoms with Gasteiger partial charge in [-0.2, -0.15) is 0 Å². The summed E-state index contributed by atoms with van der Waals surface area (Å²) >= 11 is 1.68. The third kappa shape index (κ3) is 3.22. The molecule has 1 amide bonds. The van der Waals surface area contributed by atoms with Crippen LogP contribution in [0.4, 0.5) is 0 Å². The van der Waals surface area contributed by atoms with Crippen molar-refractivity contribution in [2.75, 3.05) is 32.8 Å². The molecule has 24 heavy (non-hydrogen) atoms. The molecule has 2 fully saturated rings. The number of hydrogen-bond donors (Lipinski definition) is 0. The Morgan fingerprint density at radius 2 is 2.33 bits per heavy atom. The Morgan fingerprint density at radius 1 is 1.42 bits per heavy atom. The summed E-state index contributed by atoms with van der Waals surface area (Å²) in [6.45, 7) is 6.71. The molecular weight excluding hydrogens is 328 g/mol. The van der Waals surface area contributed by atoms with Gasteiger partial charge in [-0.25, -0.2) is 9.97 Å². The second kappa shape index (κ2) is 6.62. The normalized spacial score (nSPS) is 24.8. The standard InChI is InChI=1S/C16H20N4O3S/c1-11-18-13(9-24-11)6-19-2-3-23-15-7-20(5-12(15)4-19)16(21)14-8-22-10-17-14/h8-10,12,15H,2-7H2,1H3/t12-,15+/m1/s1. The van der Waals surface area contributed by atoms with E-state index in [-0.39, 0.29) is 12.0 Å². The fraction of sp³-hybridized carbons (Fsp3) is 0.562. The van der Waals surface area contributed by atoms with Crippen LogP contribution in [0, 0.1) is 12.8 Å². The highest BCUT2D eigenvalue weighted by molar-refractivity contribution is 7.09. The van der Waals surface area contributed by atoms with Gasteiger partial charge in [0.25, 0.3) is 5.91 Å². The number of carbonyl (C=O) groups excluding carboxylic acids is 1. The van der Waals surface area contributed by atoms with E-state index in [0.717, 1.165) is 30.3 Å². The fourth-order valence-corrected chi connectivity index (χ4v) is 4.06. The maximum absolute atomic E-state index is 12.4. The molecule has 2 saturated heterocycles. The van der Waals surface area contributed by atoms with Crippen LogP contribution in [0.15, 0.2) is 22.5 Å². The summed E-state index contributed by atoms with van der Waals surface area (Å²) in [5.41, 5.74) is 1.48. The zero-order chi connectivity index (χ0) is 16.5. The Balaban J connectivity index is 1.40. The number of aryl methyl sites for hydroxylation is 1. The quantitative estimate of drug-likeness (QED) is 0.835. The topological polar surface area (TPSA) is 71.7 Å². The van der Waals surface area contributed by atoms with E-state index in [0.29, 0.717) is 31.3 Å². The Hall–Kier alpha value is -1.77. The summed E-state index contributed by atoms with van der Waals surface area (Å²) in [4.78, 5) is 25.1. The first-order chi connectivity index (χ1) is 11.7. The van der Waals surface area contributed by atoms with Crippen molar-refractivity contribution in [2.24, 2.45) is 5.92 Å². The molecule has 2 aliphatic rings. The molecule has 2 aromatic heterocycles. The van der Waals surface area contributed by atoms with Crippen LogP contribution < -0.4 is 0 Å². The average molecular weight is 348 g/mol. The van der Waals surface area contributed by atoms with Crippen molar-refractivity contribution in [1.82, 2.24) is 19.8 Å². The Bertz CT molecular complexity index is 702. The molecule has 2 aliphatic heterocycles. The van der Waals surface area contributed by atoms with Crippen LogP contribution in [0.3, 0.4) is 0 Å². The third-order valence-electron chi connectivity index (χ3n) is 4.60. The molecule has 128 valence electrons. The number of rotatable bonds is 3. The maximum Gasteiger partial charge on any atom is 0.275 e. The predicted molar refractivity (Wildman–Crippen MR) is 87.8 cm³/mol. The number of nitrogens with zero attached hydrogens (tertiary/aromatic N) is 4. The zero-order valence-corrected chi connectivity index (χ0v) is 14.4. The van der Waals surface area contributed by atoms with E-state index < -0.39 is 0 Å². The van der Waals surface area contributed by atoms with Gasteiger partial charge in [0.05, 0.1) is 23.4 Å². The average Bonchev–Trinajstić information content (AvgIpc) is 3.28. The second-order valence-electron chi connectivity index (χ2n) is 6.35. The molecule has 0 N–H and O–H groups in total. The molecule has 7 nitrogen and oxygen atoms in total. The van der Waals surface area contributed by atoms with Crippen LogP contribution >= 0.6 is 11.3 Å². The molecule has 0 bridgehead atoms. The molecule has 8 heteroatoms. The molecular formula is C16H20N4O3S. The van der Waals surface area contributed by atoms with Crippen LogP contribution in [0.1, 0.15) is 21.2 Å². The minimum atomic E-state index is -0.0814. The Kier molecular flexibility index (Phi) is 4.34. The summed E-state index contributed by atoms with van der Waals surface area (Å²) in [7, 11) is 0.